The van der Waals surface area contributed by atoms with Gasteiger partial charge in [0.1, 0.15) is 5.60 Å². The Balaban J connectivity index is 2.00. The molecule has 2 atom stereocenters. The number of carbonyl (C=O) groups excluding carboxylic acids is 1. The van der Waals surface area contributed by atoms with Gasteiger partial charge in [0.05, 0.1) is 6.04 Å². The Labute approximate surface area is 122 Å². The average Bonchev–Trinajstić information content (AvgIpc) is 2.56. The summed E-state index contributed by atoms with van der Waals surface area (Å²) in [7, 11) is 4.20. The number of ether oxygens (including phenoxy) is 1. The van der Waals surface area contributed by atoms with E-state index in [4.69, 9.17) is 4.74 Å². The van der Waals surface area contributed by atoms with Crippen molar-refractivity contribution in [3.63, 3.8) is 0 Å². The standard InChI is InChI=1S/C16H28N2O2/c1-16(2,3)20-15(19)18-13-6-7-14(18)11-12(10-13)8-9-17(4)5/h10,13-14H,6-9,11H2,1-5H3. The Morgan fingerprint density at radius 1 is 1.40 bits per heavy atom. The molecule has 1 saturated heterocycles. The van der Waals surface area contributed by atoms with E-state index in [1.807, 2.05) is 25.7 Å². The number of hydrogen-bond donors (Lipinski definition) is 0. The lowest BCUT2D eigenvalue weighted by molar-refractivity contribution is 0.0166. The summed E-state index contributed by atoms with van der Waals surface area (Å²) in [6.45, 7) is 6.86. The number of hydrogen-bond acceptors (Lipinski definition) is 3. The molecule has 1 fully saturated rings. The summed E-state index contributed by atoms with van der Waals surface area (Å²) in [6.07, 6.45) is 6.47. The van der Waals surface area contributed by atoms with Gasteiger partial charge < -0.3 is 9.64 Å². The van der Waals surface area contributed by atoms with E-state index >= 15 is 0 Å². The zero-order valence-electron chi connectivity index (χ0n) is 13.5. The summed E-state index contributed by atoms with van der Waals surface area (Å²) in [5, 5.41) is 0. The van der Waals surface area contributed by atoms with Crippen molar-refractivity contribution in [2.45, 2.75) is 64.1 Å². The lowest BCUT2D eigenvalue weighted by atomic mass is 9.99. The van der Waals surface area contributed by atoms with Gasteiger partial charge in [-0.2, -0.15) is 0 Å². The van der Waals surface area contributed by atoms with Crippen molar-refractivity contribution in [3.05, 3.63) is 11.6 Å². The van der Waals surface area contributed by atoms with Crippen LogP contribution in [0.2, 0.25) is 0 Å². The normalized spacial score (nSPS) is 25.9. The zero-order chi connectivity index (χ0) is 14.9. The van der Waals surface area contributed by atoms with E-state index < -0.39 is 5.60 Å². The molecule has 4 nitrogen and oxygen atoms in total. The van der Waals surface area contributed by atoms with E-state index in [9.17, 15) is 4.79 Å². The van der Waals surface area contributed by atoms with Crippen molar-refractivity contribution in [1.82, 2.24) is 9.80 Å². The number of fused-ring (bicyclic) bond motifs is 2. The Bertz CT molecular complexity index is 396. The Kier molecular flexibility index (Phi) is 4.43. The first kappa shape index (κ1) is 15.4. The lowest BCUT2D eigenvalue weighted by Crippen LogP contribution is -2.45. The van der Waals surface area contributed by atoms with E-state index in [1.54, 1.807) is 0 Å². The summed E-state index contributed by atoms with van der Waals surface area (Å²) in [5.74, 6) is 0. The lowest BCUT2D eigenvalue weighted by Gasteiger charge is -2.35. The molecule has 0 N–H and O–H groups in total. The monoisotopic (exact) mass is 280 g/mol. The molecule has 114 valence electrons. The van der Waals surface area contributed by atoms with Crippen molar-refractivity contribution < 1.29 is 9.53 Å². The van der Waals surface area contributed by atoms with Gasteiger partial charge in [0.25, 0.3) is 0 Å². The van der Waals surface area contributed by atoms with E-state index in [2.05, 4.69) is 25.1 Å². The minimum Gasteiger partial charge on any atom is -0.444 e. The van der Waals surface area contributed by atoms with Crippen molar-refractivity contribution >= 4 is 6.09 Å². The van der Waals surface area contributed by atoms with Gasteiger partial charge in [-0.15, -0.1) is 0 Å². The number of nitrogens with zero attached hydrogens (tertiary/aromatic N) is 2. The van der Waals surface area contributed by atoms with E-state index in [-0.39, 0.29) is 12.1 Å². The molecule has 0 saturated carbocycles. The second-order valence-corrected chi connectivity index (χ2v) is 7.27. The first-order valence-electron chi connectivity index (χ1n) is 7.62. The Hall–Kier alpha value is -1.03. The number of carbonyl (C=O) groups is 1. The molecule has 20 heavy (non-hydrogen) atoms. The van der Waals surface area contributed by atoms with Gasteiger partial charge in [-0.25, -0.2) is 4.79 Å². The van der Waals surface area contributed by atoms with Gasteiger partial charge in [-0.3, -0.25) is 4.90 Å². The van der Waals surface area contributed by atoms with Crippen LogP contribution in [0.3, 0.4) is 0 Å². The van der Waals surface area contributed by atoms with Crippen molar-refractivity contribution in [2.24, 2.45) is 0 Å². The molecular weight excluding hydrogens is 252 g/mol. The average molecular weight is 280 g/mol. The third kappa shape index (κ3) is 3.75. The molecule has 2 unspecified atom stereocenters. The van der Waals surface area contributed by atoms with Crippen molar-refractivity contribution in [2.75, 3.05) is 20.6 Å². The molecule has 2 bridgehead atoms. The Morgan fingerprint density at radius 2 is 2.10 bits per heavy atom. The van der Waals surface area contributed by atoms with Crippen molar-refractivity contribution in [1.29, 1.82) is 0 Å². The van der Waals surface area contributed by atoms with E-state index in [0.29, 0.717) is 6.04 Å². The van der Waals surface area contributed by atoms with Crippen LogP contribution in [0.5, 0.6) is 0 Å². The minimum atomic E-state index is -0.411. The highest BCUT2D eigenvalue weighted by molar-refractivity contribution is 5.70. The number of amides is 1. The Morgan fingerprint density at radius 3 is 2.65 bits per heavy atom. The third-order valence-electron chi connectivity index (χ3n) is 3.96. The van der Waals surface area contributed by atoms with E-state index in [0.717, 1.165) is 32.2 Å². The summed E-state index contributed by atoms with van der Waals surface area (Å²) in [4.78, 5) is 16.5. The second kappa shape index (κ2) is 5.76. The highest BCUT2D eigenvalue weighted by Gasteiger charge is 2.41. The number of rotatable bonds is 3. The van der Waals surface area contributed by atoms with Crippen LogP contribution in [0.15, 0.2) is 11.6 Å². The molecule has 4 heteroatoms. The molecule has 0 radical (unpaired) electrons. The van der Waals surface area contributed by atoms with Crippen LogP contribution in [0.4, 0.5) is 4.79 Å². The second-order valence-electron chi connectivity index (χ2n) is 7.27. The fraction of sp³-hybridized carbons (Fsp3) is 0.812. The van der Waals surface area contributed by atoms with Crippen LogP contribution < -0.4 is 0 Å². The predicted molar refractivity (Wildman–Crippen MR) is 80.8 cm³/mol. The molecule has 2 heterocycles. The SMILES string of the molecule is CN(C)CCC1=CC2CCC(C1)N2C(=O)OC(C)(C)C. The van der Waals surface area contributed by atoms with Crippen molar-refractivity contribution in [3.8, 4) is 0 Å². The molecular formula is C16H28N2O2. The largest absolute Gasteiger partial charge is 0.444 e. The van der Waals surface area contributed by atoms with Crippen LogP contribution in [0, 0.1) is 0 Å². The van der Waals surface area contributed by atoms with Crippen LogP contribution in [-0.2, 0) is 4.74 Å². The molecule has 0 aromatic heterocycles. The molecule has 0 aliphatic carbocycles. The summed E-state index contributed by atoms with van der Waals surface area (Å²) >= 11 is 0. The maximum atomic E-state index is 12.3. The quantitative estimate of drug-likeness (QED) is 0.745. The molecule has 2 aliphatic heterocycles. The van der Waals surface area contributed by atoms with Gasteiger partial charge in [0, 0.05) is 12.6 Å². The molecule has 0 aromatic rings. The predicted octanol–water partition coefficient (Wildman–Crippen LogP) is 3.04. The first-order chi connectivity index (χ1) is 9.26. The topological polar surface area (TPSA) is 32.8 Å². The van der Waals surface area contributed by atoms with E-state index in [1.165, 1.54) is 5.57 Å². The van der Waals surface area contributed by atoms with Crippen LogP contribution in [-0.4, -0.2) is 54.2 Å². The summed E-state index contributed by atoms with van der Waals surface area (Å²) in [5.41, 5.74) is 1.09. The molecule has 2 rings (SSSR count). The van der Waals surface area contributed by atoms with Crippen LogP contribution >= 0.6 is 0 Å². The molecule has 0 aromatic carbocycles. The summed E-state index contributed by atoms with van der Waals surface area (Å²) < 4.78 is 5.54. The summed E-state index contributed by atoms with van der Waals surface area (Å²) in [6, 6.07) is 0.595. The molecule has 2 aliphatic rings. The maximum Gasteiger partial charge on any atom is 0.411 e. The smallest absolute Gasteiger partial charge is 0.411 e. The van der Waals surface area contributed by atoms with Gasteiger partial charge in [-0.1, -0.05) is 11.6 Å². The fourth-order valence-electron chi connectivity index (χ4n) is 3.07. The van der Waals surface area contributed by atoms with Gasteiger partial charge in [-0.05, 0) is 60.5 Å². The maximum absolute atomic E-state index is 12.3. The minimum absolute atomic E-state index is 0.145. The van der Waals surface area contributed by atoms with Crippen LogP contribution in [0.25, 0.3) is 0 Å². The molecule has 0 spiro atoms. The van der Waals surface area contributed by atoms with Gasteiger partial charge >= 0.3 is 6.09 Å². The van der Waals surface area contributed by atoms with Gasteiger partial charge in [0.2, 0.25) is 0 Å². The fourth-order valence-corrected chi connectivity index (χ4v) is 3.07. The highest BCUT2D eigenvalue weighted by atomic mass is 16.6. The molecule has 1 amide bonds. The first-order valence-corrected chi connectivity index (χ1v) is 7.62. The zero-order valence-corrected chi connectivity index (χ0v) is 13.5. The third-order valence-corrected chi connectivity index (χ3v) is 3.96. The van der Waals surface area contributed by atoms with Gasteiger partial charge in [0.15, 0.2) is 0 Å². The highest BCUT2D eigenvalue weighted by Crippen LogP contribution is 2.36. The van der Waals surface area contributed by atoms with Crippen LogP contribution in [0.1, 0.15) is 46.5 Å².